The van der Waals surface area contributed by atoms with E-state index in [-0.39, 0.29) is 16.4 Å². The lowest BCUT2D eigenvalue weighted by molar-refractivity contribution is 0.129. The zero-order chi connectivity index (χ0) is 13.8. The summed E-state index contributed by atoms with van der Waals surface area (Å²) in [5.74, 6) is 0.209. The molecule has 104 valence electrons. The highest BCUT2D eigenvalue weighted by Crippen LogP contribution is 2.31. The average Bonchev–Trinajstić information content (AvgIpc) is 2.93. The Hall–Kier alpha value is -0.790. The van der Waals surface area contributed by atoms with E-state index in [1.165, 1.54) is 11.8 Å². The summed E-state index contributed by atoms with van der Waals surface area (Å²) < 4.78 is 19.8. The average molecular weight is 349 g/mol. The van der Waals surface area contributed by atoms with Crippen LogP contribution in [0.3, 0.4) is 0 Å². The zero-order valence-corrected chi connectivity index (χ0v) is 12.5. The number of thioether (sulfide) groups is 1. The fourth-order valence-electron chi connectivity index (χ4n) is 1.85. The predicted octanol–water partition coefficient (Wildman–Crippen LogP) is 2.95. The Balaban J connectivity index is 2.11. The molecule has 1 aromatic rings. The van der Waals surface area contributed by atoms with Gasteiger partial charge in [0.2, 0.25) is 0 Å². The van der Waals surface area contributed by atoms with E-state index in [1.807, 2.05) is 0 Å². The highest BCUT2D eigenvalue weighted by molar-refractivity contribution is 9.10. The van der Waals surface area contributed by atoms with Crippen molar-refractivity contribution in [1.82, 2.24) is 0 Å². The summed E-state index contributed by atoms with van der Waals surface area (Å²) in [4.78, 5) is 0.525. The molecule has 1 unspecified atom stereocenters. The molecular formula is C12H14BrFN2O2S. The van der Waals surface area contributed by atoms with Crippen molar-refractivity contribution in [3.8, 4) is 0 Å². The molecular weight excluding hydrogens is 335 g/mol. The fourth-order valence-corrected chi connectivity index (χ4v) is 3.55. The smallest absolute Gasteiger partial charge is 0.171 e. The number of rotatable bonds is 4. The Morgan fingerprint density at radius 2 is 2.42 bits per heavy atom. The summed E-state index contributed by atoms with van der Waals surface area (Å²) in [7, 11) is 0. The molecule has 1 saturated heterocycles. The molecule has 1 atom stereocenters. The van der Waals surface area contributed by atoms with Crippen LogP contribution in [0.2, 0.25) is 0 Å². The first-order chi connectivity index (χ1) is 9.13. The van der Waals surface area contributed by atoms with E-state index in [2.05, 4.69) is 21.1 Å². The molecule has 1 heterocycles. The molecule has 0 amide bonds. The van der Waals surface area contributed by atoms with Crippen LogP contribution in [-0.2, 0) is 4.74 Å². The number of oxime groups is 1. The van der Waals surface area contributed by atoms with Gasteiger partial charge in [-0.15, -0.1) is 11.8 Å². The Labute approximate surface area is 123 Å². The third kappa shape index (κ3) is 3.40. The lowest BCUT2D eigenvalue weighted by Crippen LogP contribution is -2.14. The Bertz CT molecular complexity index is 493. The molecule has 1 aliphatic rings. The van der Waals surface area contributed by atoms with E-state index in [0.717, 1.165) is 25.2 Å². The van der Waals surface area contributed by atoms with Gasteiger partial charge in [-0.2, -0.15) is 0 Å². The van der Waals surface area contributed by atoms with Gasteiger partial charge in [0.05, 0.1) is 10.6 Å². The molecule has 0 aliphatic carbocycles. The van der Waals surface area contributed by atoms with Crippen molar-refractivity contribution in [2.24, 2.45) is 10.9 Å². The van der Waals surface area contributed by atoms with Crippen molar-refractivity contribution in [3.63, 3.8) is 0 Å². The minimum Gasteiger partial charge on any atom is -0.409 e. The topological polar surface area (TPSA) is 67.8 Å². The van der Waals surface area contributed by atoms with E-state index >= 15 is 0 Å². The van der Waals surface area contributed by atoms with E-state index in [4.69, 9.17) is 15.7 Å². The molecule has 0 radical (unpaired) electrons. The molecule has 19 heavy (non-hydrogen) atoms. The van der Waals surface area contributed by atoms with Gasteiger partial charge in [0, 0.05) is 22.8 Å². The second-order valence-electron chi connectivity index (χ2n) is 4.17. The molecule has 7 heteroatoms. The number of hydrogen-bond acceptors (Lipinski definition) is 4. The van der Waals surface area contributed by atoms with Gasteiger partial charge < -0.3 is 15.7 Å². The summed E-state index contributed by atoms with van der Waals surface area (Å²) in [6.07, 6.45) is 2.30. The summed E-state index contributed by atoms with van der Waals surface area (Å²) in [5.41, 5.74) is 5.80. The largest absolute Gasteiger partial charge is 0.409 e. The van der Waals surface area contributed by atoms with Gasteiger partial charge >= 0.3 is 0 Å². The molecule has 0 saturated carbocycles. The molecule has 4 nitrogen and oxygen atoms in total. The Morgan fingerprint density at radius 3 is 3.05 bits per heavy atom. The molecule has 1 fully saturated rings. The van der Waals surface area contributed by atoms with Gasteiger partial charge in [0.25, 0.3) is 0 Å². The zero-order valence-electron chi connectivity index (χ0n) is 10.1. The fraction of sp³-hybridized carbons (Fsp3) is 0.417. The van der Waals surface area contributed by atoms with Crippen LogP contribution >= 0.6 is 27.7 Å². The molecule has 0 spiro atoms. The predicted molar refractivity (Wildman–Crippen MR) is 76.3 cm³/mol. The highest BCUT2D eigenvalue weighted by atomic mass is 79.9. The van der Waals surface area contributed by atoms with Gasteiger partial charge in [-0.3, -0.25) is 0 Å². The van der Waals surface area contributed by atoms with Crippen molar-refractivity contribution in [2.75, 3.05) is 12.4 Å². The maximum atomic E-state index is 14.1. The minimum atomic E-state index is -0.396. The quantitative estimate of drug-likeness (QED) is 0.288. The first-order valence-electron chi connectivity index (χ1n) is 5.83. The summed E-state index contributed by atoms with van der Waals surface area (Å²) >= 11 is 4.55. The third-order valence-electron chi connectivity index (χ3n) is 2.88. The van der Waals surface area contributed by atoms with Crippen LogP contribution in [0.25, 0.3) is 0 Å². The summed E-state index contributed by atoms with van der Waals surface area (Å²) in [5, 5.41) is 11.5. The minimum absolute atomic E-state index is 0.124. The van der Waals surface area contributed by atoms with Gasteiger partial charge in [-0.05, 0) is 40.9 Å². The van der Waals surface area contributed by atoms with Crippen molar-refractivity contribution < 1.29 is 14.3 Å². The number of ether oxygens (including phenoxy) is 1. The number of amidine groups is 1. The maximum absolute atomic E-state index is 14.1. The molecule has 3 N–H and O–H groups in total. The number of benzene rings is 1. The molecule has 0 bridgehead atoms. The Morgan fingerprint density at radius 1 is 1.63 bits per heavy atom. The van der Waals surface area contributed by atoms with E-state index in [9.17, 15) is 4.39 Å². The van der Waals surface area contributed by atoms with Crippen LogP contribution in [0, 0.1) is 5.82 Å². The van der Waals surface area contributed by atoms with Crippen molar-refractivity contribution in [3.05, 3.63) is 28.0 Å². The lowest BCUT2D eigenvalue weighted by atomic mass is 10.2. The Kier molecular flexibility index (Phi) is 5.06. The molecule has 1 aromatic carbocycles. The van der Waals surface area contributed by atoms with Crippen LogP contribution in [0.1, 0.15) is 18.4 Å². The molecule has 0 aromatic heterocycles. The normalized spacial score (nSPS) is 19.9. The van der Waals surface area contributed by atoms with Gasteiger partial charge in [0.1, 0.15) is 0 Å². The van der Waals surface area contributed by atoms with E-state index < -0.39 is 5.82 Å². The molecule has 1 aliphatic heterocycles. The standard InChI is InChI=1S/C12H14BrFN2O2S/c13-10-8(12(15)16-17)3-4-9(11(10)14)19-6-7-2-1-5-18-7/h3-4,7,17H,1-2,5-6H2,(H2,15,16). The van der Waals surface area contributed by atoms with Crippen LogP contribution in [0.4, 0.5) is 4.39 Å². The van der Waals surface area contributed by atoms with Crippen molar-refractivity contribution in [1.29, 1.82) is 0 Å². The van der Waals surface area contributed by atoms with Gasteiger partial charge in [0.15, 0.2) is 11.7 Å². The summed E-state index contributed by atoms with van der Waals surface area (Å²) in [6, 6.07) is 3.26. The molecule has 2 rings (SSSR count). The first-order valence-corrected chi connectivity index (χ1v) is 7.61. The SMILES string of the molecule is N/C(=N/O)c1ccc(SCC2CCCO2)c(F)c1Br. The van der Waals surface area contributed by atoms with Crippen LogP contribution < -0.4 is 5.73 Å². The van der Waals surface area contributed by atoms with E-state index in [1.54, 1.807) is 12.1 Å². The van der Waals surface area contributed by atoms with Crippen LogP contribution in [-0.4, -0.2) is 29.5 Å². The number of nitrogens with zero attached hydrogens (tertiary/aromatic N) is 1. The van der Waals surface area contributed by atoms with Crippen molar-refractivity contribution in [2.45, 2.75) is 23.8 Å². The van der Waals surface area contributed by atoms with Crippen LogP contribution in [0.5, 0.6) is 0 Å². The lowest BCUT2D eigenvalue weighted by Gasteiger charge is -2.11. The highest BCUT2D eigenvalue weighted by Gasteiger charge is 2.18. The number of hydrogen-bond donors (Lipinski definition) is 2. The number of halogens is 2. The monoisotopic (exact) mass is 348 g/mol. The number of nitrogens with two attached hydrogens (primary N) is 1. The van der Waals surface area contributed by atoms with Gasteiger partial charge in [-0.25, -0.2) is 4.39 Å². The second-order valence-corrected chi connectivity index (χ2v) is 6.03. The maximum Gasteiger partial charge on any atom is 0.171 e. The third-order valence-corrected chi connectivity index (χ3v) is 4.82. The van der Waals surface area contributed by atoms with Crippen LogP contribution in [0.15, 0.2) is 26.7 Å². The second kappa shape index (κ2) is 6.58. The first kappa shape index (κ1) is 14.6. The summed E-state index contributed by atoms with van der Waals surface area (Å²) in [6.45, 7) is 0.792. The van der Waals surface area contributed by atoms with Crippen molar-refractivity contribution >= 4 is 33.5 Å². The van der Waals surface area contributed by atoms with Gasteiger partial charge in [-0.1, -0.05) is 5.16 Å². The van der Waals surface area contributed by atoms with E-state index in [0.29, 0.717) is 10.5 Å².